The van der Waals surface area contributed by atoms with Crippen LogP contribution in [0.4, 0.5) is 5.95 Å². The van der Waals surface area contributed by atoms with E-state index >= 15 is 0 Å². The first-order valence-electron chi connectivity index (χ1n) is 5.01. The molecule has 1 atom stereocenters. The quantitative estimate of drug-likeness (QED) is 0.742. The summed E-state index contributed by atoms with van der Waals surface area (Å²) in [6.45, 7) is 4.79. The fourth-order valence-electron chi connectivity index (χ4n) is 1.23. The highest BCUT2D eigenvalue weighted by Crippen LogP contribution is 2.05. The lowest BCUT2D eigenvalue weighted by atomic mass is 10.1. The highest BCUT2D eigenvalue weighted by Gasteiger charge is 2.05. The lowest BCUT2D eigenvalue weighted by Crippen LogP contribution is -2.23. The highest BCUT2D eigenvalue weighted by molar-refractivity contribution is 5.25. The van der Waals surface area contributed by atoms with Crippen LogP contribution in [-0.4, -0.2) is 22.6 Å². The zero-order valence-electron chi connectivity index (χ0n) is 8.83. The van der Waals surface area contributed by atoms with Gasteiger partial charge in [-0.2, -0.15) is 0 Å². The second-order valence-corrected chi connectivity index (χ2v) is 3.41. The largest absolute Gasteiger partial charge is 0.351 e. The van der Waals surface area contributed by atoms with Crippen LogP contribution in [0.25, 0.3) is 0 Å². The van der Waals surface area contributed by atoms with E-state index in [2.05, 4.69) is 22.2 Å². The standard InChI is InChI=1S/C10H18N4/c1-3-9(4-5-11)14-10-12-6-8(2)7-13-10/h6-7,9H,3-5,11H2,1-2H3,(H,12,13,14). The summed E-state index contributed by atoms with van der Waals surface area (Å²) in [7, 11) is 0. The average molecular weight is 194 g/mol. The first-order valence-corrected chi connectivity index (χ1v) is 5.01. The Labute approximate surface area is 85.0 Å². The number of aryl methyl sites for hydroxylation is 1. The van der Waals surface area contributed by atoms with Crippen molar-refractivity contribution in [3.05, 3.63) is 18.0 Å². The van der Waals surface area contributed by atoms with E-state index in [0.717, 1.165) is 18.4 Å². The van der Waals surface area contributed by atoms with E-state index < -0.39 is 0 Å². The molecule has 0 fully saturated rings. The monoisotopic (exact) mass is 194 g/mol. The second-order valence-electron chi connectivity index (χ2n) is 3.41. The van der Waals surface area contributed by atoms with E-state index in [1.54, 1.807) is 0 Å². The molecule has 0 spiro atoms. The van der Waals surface area contributed by atoms with Crippen LogP contribution in [0.1, 0.15) is 25.3 Å². The van der Waals surface area contributed by atoms with E-state index in [-0.39, 0.29) is 0 Å². The Bertz CT molecular complexity index is 257. The number of hydrogen-bond acceptors (Lipinski definition) is 4. The molecule has 3 N–H and O–H groups in total. The summed E-state index contributed by atoms with van der Waals surface area (Å²) in [5.74, 6) is 0.691. The Balaban J connectivity index is 2.53. The molecule has 0 saturated carbocycles. The molecular formula is C10H18N4. The van der Waals surface area contributed by atoms with Crippen molar-refractivity contribution in [2.24, 2.45) is 5.73 Å². The number of anilines is 1. The van der Waals surface area contributed by atoms with Gasteiger partial charge in [0.05, 0.1) is 0 Å². The first-order chi connectivity index (χ1) is 6.76. The third kappa shape index (κ3) is 3.30. The van der Waals surface area contributed by atoms with Crippen LogP contribution in [0, 0.1) is 6.92 Å². The lowest BCUT2D eigenvalue weighted by molar-refractivity contribution is 0.636. The van der Waals surface area contributed by atoms with Gasteiger partial charge >= 0.3 is 0 Å². The van der Waals surface area contributed by atoms with Crippen LogP contribution in [0.3, 0.4) is 0 Å². The molecule has 4 heteroatoms. The third-order valence-electron chi connectivity index (χ3n) is 2.12. The third-order valence-corrected chi connectivity index (χ3v) is 2.12. The van der Waals surface area contributed by atoms with Crippen LogP contribution in [0.15, 0.2) is 12.4 Å². The van der Waals surface area contributed by atoms with Gasteiger partial charge in [-0.15, -0.1) is 0 Å². The molecule has 1 unspecified atom stereocenters. The SMILES string of the molecule is CCC(CCN)Nc1ncc(C)cn1. The number of hydrogen-bond donors (Lipinski definition) is 2. The summed E-state index contributed by atoms with van der Waals surface area (Å²) in [6.07, 6.45) is 5.61. The Morgan fingerprint density at radius 1 is 1.43 bits per heavy atom. The predicted molar refractivity (Wildman–Crippen MR) is 58.1 cm³/mol. The normalized spacial score (nSPS) is 12.5. The van der Waals surface area contributed by atoms with E-state index in [9.17, 15) is 0 Å². The van der Waals surface area contributed by atoms with Crippen molar-refractivity contribution in [1.29, 1.82) is 0 Å². The molecule has 1 rings (SSSR count). The van der Waals surface area contributed by atoms with Crippen LogP contribution in [0.2, 0.25) is 0 Å². The van der Waals surface area contributed by atoms with Gasteiger partial charge in [0.25, 0.3) is 0 Å². The maximum Gasteiger partial charge on any atom is 0.222 e. The van der Waals surface area contributed by atoms with Crippen molar-refractivity contribution in [2.45, 2.75) is 32.7 Å². The lowest BCUT2D eigenvalue weighted by Gasteiger charge is -2.15. The number of nitrogens with zero attached hydrogens (tertiary/aromatic N) is 2. The molecule has 0 amide bonds. The number of nitrogens with one attached hydrogen (secondary N) is 1. The summed E-state index contributed by atoms with van der Waals surface area (Å²) >= 11 is 0. The van der Waals surface area contributed by atoms with Gasteiger partial charge in [-0.1, -0.05) is 6.92 Å². The van der Waals surface area contributed by atoms with Crippen molar-refractivity contribution < 1.29 is 0 Å². The Morgan fingerprint density at radius 2 is 2.07 bits per heavy atom. The summed E-state index contributed by atoms with van der Waals surface area (Å²) < 4.78 is 0. The molecule has 0 bridgehead atoms. The Hall–Kier alpha value is -1.16. The maximum absolute atomic E-state index is 5.50. The van der Waals surface area contributed by atoms with Crippen molar-refractivity contribution in [3.8, 4) is 0 Å². The minimum Gasteiger partial charge on any atom is -0.351 e. The minimum absolute atomic E-state index is 0.378. The molecule has 1 aromatic heterocycles. The van der Waals surface area contributed by atoms with Crippen molar-refractivity contribution in [1.82, 2.24) is 9.97 Å². The molecule has 0 aliphatic rings. The van der Waals surface area contributed by atoms with Gasteiger partial charge in [0.2, 0.25) is 5.95 Å². The molecule has 0 aliphatic carbocycles. The predicted octanol–water partition coefficient (Wildman–Crippen LogP) is 1.32. The van der Waals surface area contributed by atoms with Crippen LogP contribution in [-0.2, 0) is 0 Å². The molecule has 0 saturated heterocycles. The molecule has 0 aromatic carbocycles. The fourth-order valence-corrected chi connectivity index (χ4v) is 1.23. The molecule has 1 aromatic rings. The van der Waals surface area contributed by atoms with E-state index in [1.807, 2.05) is 19.3 Å². The molecule has 4 nitrogen and oxygen atoms in total. The van der Waals surface area contributed by atoms with Crippen molar-refractivity contribution >= 4 is 5.95 Å². The molecule has 78 valence electrons. The second kappa shape index (κ2) is 5.54. The van der Waals surface area contributed by atoms with E-state index in [0.29, 0.717) is 18.5 Å². The van der Waals surface area contributed by atoms with Gasteiger partial charge in [-0.05, 0) is 31.9 Å². The summed E-state index contributed by atoms with van der Waals surface area (Å²) in [5.41, 5.74) is 6.57. The van der Waals surface area contributed by atoms with E-state index in [4.69, 9.17) is 5.73 Å². The van der Waals surface area contributed by atoms with Crippen molar-refractivity contribution in [2.75, 3.05) is 11.9 Å². The number of nitrogens with two attached hydrogens (primary N) is 1. The van der Waals surface area contributed by atoms with Gasteiger partial charge in [-0.3, -0.25) is 0 Å². The van der Waals surface area contributed by atoms with Crippen LogP contribution >= 0.6 is 0 Å². The molecule has 14 heavy (non-hydrogen) atoms. The van der Waals surface area contributed by atoms with Gasteiger partial charge in [0.15, 0.2) is 0 Å². The Morgan fingerprint density at radius 3 is 2.57 bits per heavy atom. The van der Waals surface area contributed by atoms with Crippen LogP contribution in [0.5, 0.6) is 0 Å². The van der Waals surface area contributed by atoms with Gasteiger partial charge in [0, 0.05) is 18.4 Å². The number of rotatable bonds is 5. The smallest absolute Gasteiger partial charge is 0.222 e. The summed E-state index contributed by atoms with van der Waals surface area (Å²) in [6, 6.07) is 0.378. The van der Waals surface area contributed by atoms with Gasteiger partial charge in [0.1, 0.15) is 0 Å². The molecule has 1 heterocycles. The zero-order chi connectivity index (χ0) is 10.4. The van der Waals surface area contributed by atoms with Gasteiger partial charge in [-0.25, -0.2) is 9.97 Å². The molecule has 0 radical (unpaired) electrons. The number of aromatic nitrogens is 2. The Kier molecular flexibility index (Phi) is 4.32. The summed E-state index contributed by atoms with van der Waals surface area (Å²) in [5, 5.41) is 3.25. The van der Waals surface area contributed by atoms with Crippen LogP contribution < -0.4 is 11.1 Å². The molecule has 0 aliphatic heterocycles. The first kappa shape index (κ1) is 10.9. The fraction of sp³-hybridized carbons (Fsp3) is 0.600. The topological polar surface area (TPSA) is 63.8 Å². The maximum atomic E-state index is 5.50. The highest BCUT2D eigenvalue weighted by atomic mass is 15.1. The average Bonchev–Trinajstić information content (AvgIpc) is 2.20. The summed E-state index contributed by atoms with van der Waals surface area (Å²) in [4.78, 5) is 8.37. The molecular weight excluding hydrogens is 176 g/mol. The van der Waals surface area contributed by atoms with Crippen molar-refractivity contribution in [3.63, 3.8) is 0 Å². The van der Waals surface area contributed by atoms with Gasteiger partial charge < -0.3 is 11.1 Å². The zero-order valence-corrected chi connectivity index (χ0v) is 8.83. The van der Waals surface area contributed by atoms with E-state index in [1.165, 1.54) is 0 Å². The minimum atomic E-state index is 0.378.